The predicted molar refractivity (Wildman–Crippen MR) is 204 cm³/mol. The van der Waals surface area contributed by atoms with Gasteiger partial charge in [-0.2, -0.15) is 0 Å². The van der Waals surface area contributed by atoms with E-state index in [1.165, 1.54) is 36.5 Å². The number of carbonyl (C=O) groups is 2. The van der Waals surface area contributed by atoms with E-state index >= 15 is 4.39 Å². The zero-order chi connectivity index (χ0) is 39.3. The van der Waals surface area contributed by atoms with Crippen molar-refractivity contribution < 1.29 is 36.7 Å². The molecule has 1 aliphatic heterocycles. The number of rotatable bonds is 12. The molecule has 4 rings (SSSR count). The van der Waals surface area contributed by atoms with Crippen LogP contribution in [0.1, 0.15) is 83.9 Å². The smallest absolute Gasteiger partial charge is 0.410 e. The van der Waals surface area contributed by atoms with Gasteiger partial charge in [0.15, 0.2) is 8.32 Å². The molecule has 8 nitrogen and oxygen atoms in total. The van der Waals surface area contributed by atoms with E-state index in [9.17, 15) is 18.4 Å². The summed E-state index contributed by atoms with van der Waals surface area (Å²) in [6.07, 6.45) is 2.08. The molecular weight excluding hydrogens is 723 g/mol. The first-order chi connectivity index (χ1) is 24.7. The van der Waals surface area contributed by atoms with Crippen molar-refractivity contribution in [2.45, 2.75) is 110 Å². The molecule has 1 fully saturated rings. The quantitative estimate of drug-likeness (QED) is 0.184. The summed E-state index contributed by atoms with van der Waals surface area (Å²) in [4.78, 5) is 32.9. The molecule has 13 heteroatoms. The Morgan fingerprint density at radius 1 is 1.04 bits per heavy atom. The molecule has 4 unspecified atom stereocenters. The van der Waals surface area contributed by atoms with Crippen LogP contribution in [0.2, 0.25) is 23.2 Å². The highest BCUT2D eigenvalue weighted by Crippen LogP contribution is 2.37. The van der Waals surface area contributed by atoms with Crippen LogP contribution in [0.4, 0.5) is 23.7 Å². The summed E-state index contributed by atoms with van der Waals surface area (Å²) in [6.45, 7) is 18.9. The van der Waals surface area contributed by atoms with Crippen LogP contribution in [0.3, 0.4) is 0 Å². The molecular formula is C40H53ClF3N3O5Si. The van der Waals surface area contributed by atoms with Gasteiger partial charge in [-0.15, -0.1) is 0 Å². The third-order valence-corrected chi connectivity index (χ3v) is 15.0. The van der Waals surface area contributed by atoms with Crippen molar-refractivity contribution in [3.8, 4) is 0 Å². The maximum atomic E-state index is 15.6. The second-order valence-electron chi connectivity index (χ2n) is 16.3. The highest BCUT2D eigenvalue weighted by molar-refractivity contribution is 6.74. The van der Waals surface area contributed by atoms with E-state index in [1.807, 2.05) is 27.7 Å². The molecule has 1 N–H and O–H groups in total. The van der Waals surface area contributed by atoms with Crippen LogP contribution >= 0.6 is 11.6 Å². The Morgan fingerprint density at radius 3 is 2.36 bits per heavy atom. The minimum absolute atomic E-state index is 0.0228. The van der Waals surface area contributed by atoms with Gasteiger partial charge in [0.1, 0.15) is 23.1 Å². The maximum absolute atomic E-state index is 15.6. The van der Waals surface area contributed by atoms with Crippen LogP contribution in [0.15, 0.2) is 54.9 Å². The summed E-state index contributed by atoms with van der Waals surface area (Å²) >= 11 is 5.92. The normalized spacial score (nSPS) is 18.0. The van der Waals surface area contributed by atoms with Gasteiger partial charge in [-0.1, -0.05) is 63.9 Å². The van der Waals surface area contributed by atoms with Gasteiger partial charge in [-0.05, 0) is 86.6 Å². The Kier molecular flexibility index (Phi) is 13.8. The topological polar surface area (TPSA) is 90.0 Å². The number of amides is 2. The average Bonchev–Trinajstić information content (AvgIpc) is 3.06. The van der Waals surface area contributed by atoms with Gasteiger partial charge in [0.2, 0.25) is 5.91 Å². The third-order valence-electron chi connectivity index (χ3n) is 10.2. The number of aromatic nitrogens is 1. The van der Waals surface area contributed by atoms with E-state index in [1.54, 1.807) is 17.0 Å². The molecule has 0 radical (unpaired) electrons. The number of ether oxygens (including phenoxy) is 2. The largest absolute Gasteiger partial charge is 0.444 e. The molecule has 290 valence electrons. The van der Waals surface area contributed by atoms with E-state index < -0.39 is 55.4 Å². The lowest BCUT2D eigenvalue weighted by Gasteiger charge is -2.44. The number of morpholine rings is 1. The van der Waals surface area contributed by atoms with Crippen LogP contribution in [0.5, 0.6) is 0 Å². The van der Waals surface area contributed by atoms with Gasteiger partial charge in [-0.25, -0.2) is 18.0 Å². The molecule has 53 heavy (non-hydrogen) atoms. The van der Waals surface area contributed by atoms with E-state index in [4.69, 9.17) is 25.5 Å². The van der Waals surface area contributed by atoms with Gasteiger partial charge in [0.25, 0.3) is 0 Å². The number of hydrogen-bond donors (Lipinski definition) is 1. The SMILES string of the molecule is CCC(Cc1c(F)cncc1NC(=O)CC(c1cccc(F)c1)c1ccc(Cl)c(F)c1)C1CN(C(=O)OC(C)(C)C)C(CO[Si](C)(C)C(C)(C)C)CO1. The number of hydrogen-bond acceptors (Lipinski definition) is 6. The monoisotopic (exact) mass is 775 g/mol. The van der Waals surface area contributed by atoms with Gasteiger partial charge in [0, 0.05) is 17.9 Å². The number of anilines is 1. The van der Waals surface area contributed by atoms with E-state index in [2.05, 4.69) is 44.2 Å². The second-order valence-corrected chi connectivity index (χ2v) is 21.5. The minimum atomic E-state index is -2.13. The highest BCUT2D eigenvalue weighted by atomic mass is 35.5. The van der Waals surface area contributed by atoms with Crippen molar-refractivity contribution in [3.63, 3.8) is 0 Å². The highest BCUT2D eigenvalue weighted by Gasteiger charge is 2.42. The van der Waals surface area contributed by atoms with Crippen LogP contribution in [0.25, 0.3) is 0 Å². The molecule has 1 saturated heterocycles. The first-order valence-electron chi connectivity index (χ1n) is 18.1. The van der Waals surface area contributed by atoms with Crippen molar-refractivity contribution in [1.82, 2.24) is 9.88 Å². The molecule has 1 aliphatic rings. The fraction of sp³-hybridized carbons (Fsp3) is 0.525. The van der Waals surface area contributed by atoms with E-state index in [0.29, 0.717) is 24.2 Å². The van der Waals surface area contributed by atoms with Gasteiger partial charge < -0.3 is 19.2 Å². The fourth-order valence-corrected chi connectivity index (χ4v) is 7.21. The molecule has 2 aromatic carbocycles. The van der Waals surface area contributed by atoms with E-state index in [-0.39, 0.29) is 59.3 Å². The molecule has 2 amide bonds. The first kappa shape index (κ1) is 42.3. The lowest BCUT2D eigenvalue weighted by atomic mass is 9.87. The number of halogens is 4. The zero-order valence-electron chi connectivity index (χ0n) is 32.2. The lowest BCUT2D eigenvalue weighted by Crippen LogP contribution is -2.58. The van der Waals surface area contributed by atoms with Crippen molar-refractivity contribution in [3.05, 3.63) is 94.0 Å². The summed E-state index contributed by atoms with van der Waals surface area (Å²) in [5, 5.41) is 2.70. The average molecular weight is 776 g/mol. The lowest BCUT2D eigenvalue weighted by molar-refractivity contribution is -0.116. The van der Waals surface area contributed by atoms with Gasteiger partial charge in [0.05, 0.1) is 55.0 Å². The Labute approximate surface area is 317 Å². The van der Waals surface area contributed by atoms with Crippen molar-refractivity contribution in [1.29, 1.82) is 0 Å². The third kappa shape index (κ3) is 11.3. The van der Waals surface area contributed by atoms with Crippen LogP contribution in [-0.4, -0.2) is 67.7 Å². The van der Waals surface area contributed by atoms with Gasteiger partial charge in [-0.3, -0.25) is 14.7 Å². The summed E-state index contributed by atoms with van der Waals surface area (Å²) in [5.41, 5.74) is 0.573. The Hall–Kier alpha value is -3.45. The summed E-state index contributed by atoms with van der Waals surface area (Å²) in [7, 11) is -2.13. The molecule has 2 heterocycles. The predicted octanol–water partition coefficient (Wildman–Crippen LogP) is 9.91. The van der Waals surface area contributed by atoms with Gasteiger partial charge >= 0.3 is 6.09 Å². The summed E-state index contributed by atoms with van der Waals surface area (Å²) in [5.74, 6) is -3.28. The zero-order valence-corrected chi connectivity index (χ0v) is 34.0. The minimum Gasteiger partial charge on any atom is -0.444 e. The Balaban J connectivity index is 1.55. The van der Waals surface area contributed by atoms with Crippen LogP contribution in [-0.2, 0) is 25.1 Å². The standard InChI is InChI=1S/C40H53ClF3N3O5Si/c1-10-25(36-22-47(38(49)52-39(2,3)4)29(23-50-36)24-51-53(8,9)40(5,6)7)17-31-34(44)20-45-21-35(31)46-37(48)19-30(26-12-11-13-28(42)16-26)27-14-15-32(41)33(43)18-27/h11-16,18,20-21,25,29-30,36H,10,17,19,22-24H2,1-9H3,(H,46,48). The maximum Gasteiger partial charge on any atom is 0.410 e. The van der Waals surface area contributed by atoms with Crippen molar-refractivity contribution in [2.75, 3.05) is 25.1 Å². The number of pyridine rings is 1. The van der Waals surface area contributed by atoms with E-state index in [0.717, 1.165) is 6.20 Å². The molecule has 0 saturated carbocycles. The fourth-order valence-electron chi connectivity index (χ4n) is 6.05. The second kappa shape index (κ2) is 17.3. The number of carbonyl (C=O) groups excluding carboxylic acids is 2. The number of nitrogens with zero attached hydrogens (tertiary/aromatic N) is 2. The summed E-state index contributed by atoms with van der Waals surface area (Å²) < 4.78 is 63.1. The first-order valence-corrected chi connectivity index (χ1v) is 21.4. The molecule has 1 aromatic heterocycles. The molecule has 0 bridgehead atoms. The van der Waals surface area contributed by atoms with Crippen molar-refractivity contribution >= 4 is 37.6 Å². The summed E-state index contributed by atoms with van der Waals surface area (Å²) in [6, 6.07) is 9.57. The number of benzene rings is 2. The molecule has 0 spiro atoms. The molecule has 0 aliphatic carbocycles. The van der Waals surface area contributed by atoms with Crippen LogP contribution in [0, 0.1) is 23.4 Å². The Morgan fingerprint density at radius 2 is 1.74 bits per heavy atom. The Bertz CT molecular complexity index is 1750. The van der Waals surface area contributed by atoms with Crippen molar-refractivity contribution in [2.24, 2.45) is 5.92 Å². The molecule has 3 aromatic rings. The van der Waals surface area contributed by atoms with Crippen LogP contribution < -0.4 is 5.32 Å². The molecule has 4 atom stereocenters. The number of nitrogens with one attached hydrogen (secondary N) is 1.